The topological polar surface area (TPSA) is 58.1 Å². The number of nitrogens with zero attached hydrogens (tertiary/aromatic N) is 3. The van der Waals surface area contributed by atoms with E-state index in [2.05, 4.69) is 27.1 Å². The second kappa shape index (κ2) is 6.68. The van der Waals surface area contributed by atoms with E-state index >= 15 is 0 Å². The summed E-state index contributed by atoms with van der Waals surface area (Å²) in [5.74, 6) is 1.11. The Labute approximate surface area is 120 Å². The maximum atomic E-state index is 12.1. The van der Waals surface area contributed by atoms with Crippen LogP contribution in [0, 0.1) is 12.8 Å². The second-order valence-corrected chi connectivity index (χ2v) is 5.58. The van der Waals surface area contributed by atoms with Crippen LogP contribution in [-0.4, -0.2) is 35.0 Å². The number of hydrogen-bond acceptors (Lipinski definition) is 4. The zero-order valence-electron chi connectivity index (χ0n) is 12.6. The van der Waals surface area contributed by atoms with Crippen molar-refractivity contribution in [3.8, 4) is 0 Å². The molecular formula is C15H24N4O. The Balaban J connectivity index is 1.87. The summed E-state index contributed by atoms with van der Waals surface area (Å²) in [6.07, 6.45) is 4.51. The Kier molecular flexibility index (Phi) is 4.93. The molecule has 1 atom stereocenters. The smallest absolute Gasteiger partial charge is 0.225 e. The molecule has 1 aromatic heterocycles. The maximum Gasteiger partial charge on any atom is 0.225 e. The molecule has 0 radical (unpaired) electrons. The minimum absolute atomic E-state index is 0.130. The molecule has 1 aliphatic rings. The molecule has 2 rings (SSSR count). The van der Waals surface area contributed by atoms with Gasteiger partial charge in [-0.2, -0.15) is 0 Å². The summed E-state index contributed by atoms with van der Waals surface area (Å²) in [4.78, 5) is 23.0. The Morgan fingerprint density at radius 1 is 1.50 bits per heavy atom. The lowest BCUT2D eigenvalue weighted by Crippen LogP contribution is -2.43. The van der Waals surface area contributed by atoms with Gasteiger partial charge in [0.1, 0.15) is 0 Å². The first-order valence-electron chi connectivity index (χ1n) is 7.45. The molecule has 110 valence electrons. The van der Waals surface area contributed by atoms with Crippen molar-refractivity contribution in [1.82, 2.24) is 15.3 Å². The largest absolute Gasteiger partial charge is 0.353 e. The van der Waals surface area contributed by atoms with Gasteiger partial charge in [-0.3, -0.25) is 4.79 Å². The highest BCUT2D eigenvalue weighted by Crippen LogP contribution is 2.21. The molecule has 1 fully saturated rings. The molecule has 2 heterocycles. The van der Waals surface area contributed by atoms with Gasteiger partial charge in [-0.1, -0.05) is 6.92 Å². The number of aromatic nitrogens is 2. The van der Waals surface area contributed by atoms with Crippen molar-refractivity contribution < 1.29 is 4.79 Å². The Hall–Kier alpha value is -1.65. The lowest BCUT2D eigenvalue weighted by molar-refractivity contribution is -0.126. The molecule has 1 N–H and O–H groups in total. The van der Waals surface area contributed by atoms with Crippen molar-refractivity contribution in [2.75, 3.05) is 18.0 Å². The van der Waals surface area contributed by atoms with Crippen LogP contribution in [0.5, 0.6) is 0 Å². The molecule has 0 unspecified atom stereocenters. The zero-order chi connectivity index (χ0) is 14.5. The third-order valence-corrected chi connectivity index (χ3v) is 3.93. The van der Waals surface area contributed by atoms with E-state index in [1.54, 1.807) is 6.20 Å². The first-order chi connectivity index (χ1) is 9.60. The third-order valence-electron chi connectivity index (χ3n) is 3.93. The Bertz CT molecular complexity index is 455. The summed E-state index contributed by atoms with van der Waals surface area (Å²) in [5.41, 5.74) is 0.978. The fourth-order valence-corrected chi connectivity index (χ4v) is 2.39. The first kappa shape index (κ1) is 14.8. The van der Waals surface area contributed by atoms with E-state index in [1.807, 2.05) is 19.9 Å². The summed E-state index contributed by atoms with van der Waals surface area (Å²) < 4.78 is 0. The summed E-state index contributed by atoms with van der Waals surface area (Å²) in [7, 11) is 0. The Morgan fingerprint density at radius 3 is 2.80 bits per heavy atom. The van der Waals surface area contributed by atoms with Crippen LogP contribution in [0.15, 0.2) is 12.3 Å². The SMILES string of the molecule is CC[C@@H](C)NC(=O)C1CCN(c2nccc(C)n2)CC1. The van der Waals surface area contributed by atoms with E-state index < -0.39 is 0 Å². The Morgan fingerprint density at radius 2 is 2.20 bits per heavy atom. The highest BCUT2D eigenvalue weighted by atomic mass is 16.1. The van der Waals surface area contributed by atoms with Gasteiger partial charge in [0.05, 0.1) is 0 Å². The van der Waals surface area contributed by atoms with Gasteiger partial charge in [-0.25, -0.2) is 9.97 Å². The minimum Gasteiger partial charge on any atom is -0.353 e. The van der Waals surface area contributed by atoms with Crippen LogP contribution in [0.4, 0.5) is 5.95 Å². The summed E-state index contributed by atoms with van der Waals surface area (Å²) in [6, 6.07) is 2.16. The number of amides is 1. The van der Waals surface area contributed by atoms with Crippen LogP contribution in [0.3, 0.4) is 0 Å². The first-order valence-corrected chi connectivity index (χ1v) is 7.45. The molecule has 20 heavy (non-hydrogen) atoms. The molecule has 0 aromatic carbocycles. The van der Waals surface area contributed by atoms with E-state index in [4.69, 9.17) is 0 Å². The average Bonchev–Trinajstić information content (AvgIpc) is 2.47. The van der Waals surface area contributed by atoms with E-state index in [-0.39, 0.29) is 17.9 Å². The summed E-state index contributed by atoms with van der Waals surface area (Å²) in [5, 5.41) is 3.07. The monoisotopic (exact) mass is 276 g/mol. The molecule has 5 heteroatoms. The minimum atomic E-state index is 0.130. The normalized spacial score (nSPS) is 17.9. The number of rotatable bonds is 4. The number of aryl methyl sites for hydroxylation is 1. The predicted octanol–water partition coefficient (Wildman–Crippen LogP) is 1.92. The van der Waals surface area contributed by atoms with Gasteiger partial charge in [0, 0.05) is 36.9 Å². The summed E-state index contributed by atoms with van der Waals surface area (Å²) >= 11 is 0. The lowest BCUT2D eigenvalue weighted by atomic mass is 9.95. The van der Waals surface area contributed by atoms with Crippen LogP contribution in [0.2, 0.25) is 0 Å². The van der Waals surface area contributed by atoms with E-state index in [0.29, 0.717) is 0 Å². The van der Waals surface area contributed by atoms with Crippen LogP contribution < -0.4 is 10.2 Å². The molecule has 5 nitrogen and oxygen atoms in total. The van der Waals surface area contributed by atoms with Crippen LogP contribution in [0.25, 0.3) is 0 Å². The van der Waals surface area contributed by atoms with Gasteiger partial charge in [0.25, 0.3) is 0 Å². The standard InChI is InChI=1S/C15H24N4O/c1-4-11(2)17-14(20)13-6-9-19(10-7-13)15-16-8-5-12(3)18-15/h5,8,11,13H,4,6-7,9-10H2,1-3H3,(H,17,20)/t11-/m1/s1. The predicted molar refractivity (Wildman–Crippen MR) is 79.6 cm³/mol. The maximum absolute atomic E-state index is 12.1. The molecule has 0 aliphatic carbocycles. The third kappa shape index (κ3) is 3.68. The molecular weight excluding hydrogens is 252 g/mol. The number of carbonyl (C=O) groups excluding carboxylic acids is 1. The van der Waals surface area contributed by atoms with Crippen molar-refractivity contribution in [3.05, 3.63) is 18.0 Å². The highest BCUT2D eigenvalue weighted by Gasteiger charge is 2.26. The van der Waals surface area contributed by atoms with Gasteiger partial charge >= 0.3 is 0 Å². The van der Waals surface area contributed by atoms with Gasteiger partial charge in [0.15, 0.2) is 0 Å². The fourth-order valence-electron chi connectivity index (χ4n) is 2.39. The van der Waals surface area contributed by atoms with Crippen molar-refractivity contribution in [2.24, 2.45) is 5.92 Å². The highest BCUT2D eigenvalue weighted by molar-refractivity contribution is 5.79. The molecule has 1 amide bonds. The molecule has 1 saturated heterocycles. The van der Waals surface area contributed by atoms with Crippen LogP contribution >= 0.6 is 0 Å². The fraction of sp³-hybridized carbons (Fsp3) is 0.667. The molecule has 0 bridgehead atoms. The van der Waals surface area contributed by atoms with Crippen LogP contribution in [-0.2, 0) is 4.79 Å². The quantitative estimate of drug-likeness (QED) is 0.912. The molecule has 0 saturated carbocycles. The number of carbonyl (C=O) groups is 1. The van der Waals surface area contributed by atoms with E-state index in [0.717, 1.165) is 44.0 Å². The molecule has 1 aliphatic heterocycles. The second-order valence-electron chi connectivity index (χ2n) is 5.58. The lowest BCUT2D eigenvalue weighted by Gasteiger charge is -2.31. The molecule has 0 spiro atoms. The number of anilines is 1. The number of nitrogens with one attached hydrogen (secondary N) is 1. The zero-order valence-corrected chi connectivity index (χ0v) is 12.6. The summed E-state index contributed by atoms with van der Waals surface area (Å²) in [6.45, 7) is 7.80. The van der Waals surface area contributed by atoms with Gasteiger partial charge in [-0.15, -0.1) is 0 Å². The van der Waals surface area contributed by atoms with Gasteiger partial charge in [0.2, 0.25) is 11.9 Å². The van der Waals surface area contributed by atoms with Crippen molar-refractivity contribution in [1.29, 1.82) is 0 Å². The van der Waals surface area contributed by atoms with Gasteiger partial charge < -0.3 is 10.2 Å². The van der Waals surface area contributed by atoms with Gasteiger partial charge in [-0.05, 0) is 39.2 Å². The van der Waals surface area contributed by atoms with Crippen molar-refractivity contribution in [2.45, 2.75) is 46.1 Å². The average molecular weight is 276 g/mol. The van der Waals surface area contributed by atoms with Crippen LogP contribution in [0.1, 0.15) is 38.8 Å². The van der Waals surface area contributed by atoms with E-state index in [9.17, 15) is 4.79 Å². The van der Waals surface area contributed by atoms with Crippen molar-refractivity contribution in [3.63, 3.8) is 0 Å². The van der Waals surface area contributed by atoms with E-state index in [1.165, 1.54) is 0 Å². The number of piperidine rings is 1. The van der Waals surface area contributed by atoms with Crippen molar-refractivity contribution >= 4 is 11.9 Å². The molecule has 1 aromatic rings. The number of hydrogen-bond donors (Lipinski definition) is 1.